The molecule has 4 atom stereocenters. The normalized spacial score (nSPS) is 33.0. The molecule has 0 unspecified atom stereocenters. The number of phenolic OH excluding ortho intramolecular Hbond substituents is 1. The molecule has 5 nitrogen and oxygen atoms in total. The van der Waals surface area contributed by atoms with Gasteiger partial charge in [-0.2, -0.15) is 10.1 Å². The Labute approximate surface area is 127 Å². The molecule has 1 saturated carbocycles. The second-order valence-electron chi connectivity index (χ2n) is 6.13. The summed E-state index contributed by atoms with van der Waals surface area (Å²) >= 11 is 0. The van der Waals surface area contributed by atoms with Gasteiger partial charge in [0.2, 0.25) is 0 Å². The number of carbonyl (C=O) groups is 2. The first kappa shape index (κ1) is 13.2. The van der Waals surface area contributed by atoms with Crippen molar-refractivity contribution >= 4 is 18.0 Å². The van der Waals surface area contributed by atoms with E-state index < -0.39 is 0 Å². The van der Waals surface area contributed by atoms with Crippen molar-refractivity contribution in [2.24, 2.45) is 28.8 Å². The molecule has 5 rings (SSSR count). The van der Waals surface area contributed by atoms with Gasteiger partial charge in [0.1, 0.15) is 5.75 Å². The van der Waals surface area contributed by atoms with Crippen LogP contribution < -0.4 is 0 Å². The lowest BCUT2D eigenvalue weighted by Gasteiger charge is -2.37. The Bertz CT molecular complexity index is 678. The fourth-order valence-electron chi connectivity index (χ4n) is 3.89. The highest BCUT2D eigenvalue weighted by Gasteiger charge is 2.56. The monoisotopic (exact) mass is 296 g/mol. The van der Waals surface area contributed by atoms with Crippen molar-refractivity contribution in [1.29, 1.82) is 0 Å². The topological polar surface area (TPSA) is 70.0 Å². The summed E-state index contributed by atoms with van der Waals surface area (Å²) in [5.74, 6) is -0.518. The summed E-state index contributed by atoms with van der Waals surface area (Å²) in [7, 11) is 0. The van der Waals surface area contributed by atoms with Crippen molar-refractivity contribution in [1.82, 2.24) is 5.01 Å². The Kier molecular flexibility index (Phi) is 2.89. The minimum absolute atomic E-state index is 0.0736. The van der Waals surface area contributed by atoms with Gasteiger partial charge < -0.3 is 5.11 Å². The molecule has 1 saturated heterocycles. The fraction of sp³-hybridized carbons (Fsp3) is 0.353. The van der Waals surface area contributed by atoms with Crippen molar-refractivity contribution in [3.63, 3.8) is 0 Å². The van der Waals surface area contributed by atoms with Crippen LogP contribution in [0.15, 0.2) is 41.5 Å². The lowest BCUT2D eigenvalue weighted by atomic mass is 9.63. The SMILES string of the molecule is O=C1[C@H]2[C@H](C(=O)N1/N=C\c1ccccc1O)[C@@H]1C=C[C@@H]2CC1. The summed E-state index contributed by atoms with van der Waals surface area (Å²) < 4.78 is 0. The molecular formula is C17H16N2O3. The van der Waals surface area contributed by atoms with Crippen LogP contribution in [0.4, 0.5) is 0 Å². The summed E-state index contributed by atoms with van der Waals surface area (Å²) in [6.45, 7) is 0. The smallest absolute Gasteiger partial charge is 0.254 e. The lowest BCUT2D eigenvalue weighted by molar-refractivity contribution is -0.140. The van der Waals surface area contributed by atoms with Crippen molar-refractivity contribution in [3.05, 3.63) is 42.0 Å². The number of nitrogens with zero attached hydrogens (tertiary/aromatic N) is 2. The largest absolute Gasteiger partial charge is 0.507 e. The molecule has 1 heterocycles. The standard InChI is InChI=1S/C17H16N2O3/c20-13-4-2-1-3-12(13)9-18-19-16(21)14-10-5-6-11(8-7-10)15(14)17(19)22/h1-6,9-11,14-15,20H,7-8H2/b18-9-/t10-,11-,14-,15-/m1/s1. The van der Waals surface area contributed by atoms with Crippen LogP contribution in [0.5, 0.6) is 5.75 Å². The van der Waals surface area contributed by atoms with Crippen LogP contribution in [0.3, 0.4) is 0 Å². The third kappa shape index (κ3) is 1.81. The summed E-state index contributed by atoms with van der Waals surface area (Å²) in [5.41, 5.74) is 0.485. The minimum atomic E-state index is -0.252. The van der Waals surface area contributed by atoms with Crippen LogP contribution in [0.25, 0.3) is 0 Å². The van der Waals surface area contributed by atoms with Crippen LogP contribution >= 0.6 is 0 Å². The number of allylic oxidation sites excluding steroid dienone is 2. The average Bonchev–Trinajstić information content (AvgIpc) is 2.82. The Balaban J connectivity index is 1.63. The predicted molar refractivity (Wildman–Crippen MR) is 79.9 cm³/mol. The van der Waals surface area contributed by atoms with Gasteiger partial charge in [0, 0.05) is 5.56 Å². The number of hydrogen-bond acceptors (Lipinski definition) is 4. The Morgan fingerprint density at radius 3 is 2.18 bits per heavy atom. The summed E-state index contributed by atoms with van der Waals surface area (Å²) in [5, 5.41) is 14.8. The molecule has 1 aromatic carbocycles. The number of rotatable bonds is 2. The number of para-hydroxylation sites is 1. The van der Waals surface area contributed by atoms with Gasteiger partial charge >= 0.3 is 0 Å². The Morgan fingerprint density at radius 2 is 1.64 bits per heavy atom. The van der Waals surface area contributed by atoms with Crippen molar-refractivity contribution in [2.75, 3.05) is 0 Å². The van der Waals surface area contributed by atoms with Crippen molar-refractivity contribution < 1.29 is 14.7 Å². The maximum atomic E-state index is 12.5. The lowest BCUT2D eigenvalue weighted by Crippen LogP contribution is -2.38. The highest BCUT2D eigenvalue weighted by Crippen LogP contribution is 2.49. The van der Waals surface area contributed by atoms with E-state index in [9.17, 15) is 14.7 Å². The van der Waals surface area contributed by atoms with E-state index >= 15 is 0 Å². The maximum Gasteiger partial charge on any atom is 0.254 e. The zero-order valence-electron chi connectivity index (χ0n) is 11.9. The molecule has 112 valence electrons. The van der Waals surface area contributed by atoms with Gasteiger partial charge in [0.25, 0.3) is 11.8 Å². The maximum absolute atomic E-state index is 12.5. The number of carbonyl (C=O) groups excluding carboxylic acids is 2. The molecule has 1 aliphatic heterocycles. The van der Waals surface area contributed by atoms with Gasteiger partial charge in [-0.25, -0.2) is 0 Å². The second kappa shape index (κ2) is 4.80. The van der Waals surface area contributed by atoms with Gasteiger partial charge in [-0.15, -0.1) is 0 Å². The Hall–Kier alpha value is -2.43. The number of hydrogen-bond donors (Lipinski definition) is 1. The summed E-state index contributed by atoms with van der Waals surface area (Å²) in [6.07, 6.45) is 7.47. The molecule has 0 spiro atoms. The molecule has 2 bridgehead atoms. The molecule has 5 heteroatoms. The quantitative estimate of drug-likeness (QED) is 0.515. The molecule has 0 aromatic heterocycles. The Morgan fingerprint density at radius 1 is 1.05 bits per heavy atom. The van der Waals surface area contributed by atoms with Gasteiger partial charge in [0.15, 0.2) is 0 Å². The number of phenols is 1. The van der Waals surface area contributed by atoms with Crippen LogP contribution in [0.2, 0.25) is 0 Å². The molecule has 22 heavy (non-hydrogen) atoms. The van der Waals surface area contributed by atoms with Crippen molar-refractivity contribution in [2.45, 2.75) is 12.8 Å². The zero-order valence-corrected chi connectivity index (χ0v) is 11.9. The predicted octanol–water partition coefficient (Wildman–Crippen LogP) is 1.92. The number of amides is 2. The third-order valence-electron chi connectivity index (χ3n) is 4.99. The molecule has 2 amide bonds. The van der Waals surface area contributed by atoms with E-state index in [1.807, 2.05) is 0 Å². The number of benzene rings is 1. The van der Waals surface area contributed by atoms with Gasteiger partial charge in [-0.3, -0.25) is 9.59 Å². The molecular weight excluding hydrogens is 280 g/mol. The van der Waals surface area contributed by atoms with Gasteiger partial charge in [0.05, 0.1) is 18.1 Å². The molecule has 3 aliphatic carbocycles. The highest BCUT2D eigenvalue weighted by molar-refractivity contribution is 6.06. The first-order chi connectivity index (χ1) is 10.7. The number of aromatic hydroxyl groups is 1. The van der Waals surface area contributed by atoms with E-state index in [2.05, 4.69) is 17.3 Å². The van der Waals surface area contributed by atoms with E-state index in [-0.39, 0.29) is 41.2 Å². The van der Waals surface area contributed by atoms with Crippen molar-refractivity contribution in [3.8, 4) is 5.75 Å². The average molecular weight is 296 g/mol. The van der Waals surface area contributed by atoms with E-state index in [0.29, 0.717) is 5.56 Å². The zero-order chi connectivity index (χ0) is 15.3. The molecule has 1 aromatic rings. The first-order valence-electron chi connectivity index (χ1n) is 7.55. The molecule has 2 fully saturated rings. The van der Waals surface area contributed by atoms with Gasteiger partial charge in [-0.05, 0) is 36.8 Å². The van der Waals surface area contributed by atoms with Gasteiger partial charge in [-0.1, -0.05) is 24.3 Å². The third-order valence-corrected chi connectivity index (χ3v) is 4.99. The molecule has 4 aliphatic rings. The first-order valence-corrected chi connectivity index (χ1v) is 7.55. The highest BCUT2D eigenvalue weighted by atomic mass is 16.3. The second-order valence-corrected chi connectivity index (χ2v) is 6.13. The van der Waals surface area contributed by atoms with E-state index in [1.54, 1.807) is 24.3 Å². The molecule has 0 radical (unpaired) electrons. The number of imide groups is 1. The number of hydrazone groups is 1. The summed E-state index contributed by atoms with van der Waals surface area (Å²) in [6, 6.07) is 6.69. The fourth-order valence-corrected chi connectivity index (χ4v) is 3.89. The summed E-state index contributed by atoms with van der Waals surface area (Å²) in [4.78, 5) is 25.1. The molecule has 1 N–H and O–H groups in total. The number of fused-ring (bicyclic) bond motifs is 1. The van der Waals surface area contributed by atoms with E-state index in [1.165, 1.54) is 6.21 Å². The van der Waals surface area contributed by atoms with Crippen LogP contribution in [0.1, 0.15) is 18.4 Å². The minimum Gasteiger partial charge on any atom is -0.507 e. The van der Waals surface area contributed by atoms with Crippen LogP contribution in [0, 0.1) is 23.7 Å². The van der Waals surface area contributed by atoms with Crippen LogP contribution in [-0.4, -0.2) is 28.1 Å². The van der Waals surface area contributed by atoms with E-state index in [4.69, 9.17) is 0 Å². The van der Waals surface area contributed by atoms with Crippen LogP contribution in [-0.2, 0) is 9.59 Å². The van der Waals surface area contributed by atoms with E-state index in [0.717, 1.165) is 17.9 Å².